The lowest BCUT2D eigenvalue weighted by atomic mass is 10.1. The summed E-state index contributed by atoms with van der Waals surface area (Å²) in [4.78, 5) is 36.5. The molecule has 1 fully saturated rings. The van der Waals surface area contributed by atoms with E-state index < -0.39 is 6.03 Å². The van der Waals surface area contributed by atoms with Crippen molar-refractivity contribution in [3.05, 3.63) is 35.4 Å². The van der Waals surface area contributed by atoms with Gasteiger partial charge in [-0.05, 0) is 18.1 Å². The topological polar surface area (TPSA) is 78.5 Å². The van der Waals surface area contributed by atoms with E-state index in [1.807, 2.05) is 0 Å². The van der Waals surface area contributed by atoms with E-state index in [-0.39, 0.29) is 24.9 Å². The molecule has 0 bridgehead atoms. The second kappa shape index (κ2) is 6.88. The first-order chi connectivity index (χ1) is 10.1. The van der Waals surface area contributed by atoms with E-state index in [1.54, 1.807) is 24.3 Å². The van der Waals surface area contributed by atoms with Crippen molar-refractivity contribution in [3.63, 3.8) is 0 Å². The van der Waals surface area contributed by atoms with Crippen molar-refractivity contribution in [2.75, 3.05) is 13.1 Å². The number of carbonyl (C=O) groups excluding carboxylic acids is 3. The van der Waals surface area contributed by atoms with Gasteiger partial charge in [-0.3, -0.25) is 14.5 Å². The summed E-state index contributed by atoms with van der Waals surface area (Å²) >= 11 is 0. The summed E-state index contributed by atoms with van der Waals surface area (Å²) in [5.41, 5.74) is 1.16. The molecule has 1 aliphatic rings. The fraction of sp³-hybridized carbons (Fsp3) is 0.400. The van der Waals surface area contributed by atoms with E-state index in [4.69, 9.17) is 0 Å². The molecular formula is C15H19N3O3. The first-order valence-electron chi connectivity index (χ1n) is 7.07. The Labute approximate surface area is 123 Å². The van der Waals surface area contributed by atoms with Crippen LogP contribution in [0, 0.1) is 0 Å². The summed E-state index contributed by atoms with van der Waals surface area (Å²) in [5, 5.41) is 5.31. The maximum absolute atomic E-state index is 12.2. The molecule has 0 radical (unpaired) electrons. The van der Waals surface area contributed by atoms with Gasteiger partial charge in [0.2, 0.25) is 5.91 Å². The van der Waals surface area contributed by atoms with E-state index in [9.17, 15) is 14.4 Å². The van der Waals surface area contributed by atoms with Crippen molar-refractivity contribution in [2.45, 2.75) is 26.3 Å². The quantitative estimate of drug-likeness (QED) is 0.611. The lowest BCUT2D eigenvalue weighted by Gasteiger charge is -2.15. The lowest BCUT2D eigenvalue weighted by Crippen LogP contribution is -2.32. The number of urea groups is 1. The van der Waals surface area contributed by atoms with Gasteiger partial charge >= 0.3 is 6.03 Å². The number of amides is 4. The minimum Gasteiger partial charge on any atom is -0.352 e. The van der Waals surface area contributed by atoms with Crippen LogP contribution in [0.5, 0.6) is 0 Å². The third-order valence-electron chi connectivity index (χ3n) is 3.34. The minimum atomic E-state index is -0.416. The molecule has 21 heavy (non-hydrogen) atoms. The standard InChI is InChI=1S/C15H19N3O3/c1-2-3-8-16-14(20)12-7-5-4-6-11(12)10-18-13(19)9-17-15(18)21/h4-7H,2-3,8-10H2,1H3,(H,16,20)(H,17,21). The van der Waals surface area contributed by atoms with E-state index in [1.165, 1.54) is 0 Å². The van der Waals surface area contributed by atoms with Crippen LogP contribution in [0.3, 0.4) is 0 Å². The number of hydrogen-bond acceptors (Lipinski definition) is 3. The summed E-state index contributed by atoms with van der Waals surface area (Å²) in [6.45, 7) is 2.80. The Morgan fingerprint density at radius 2 is 2.10 bits per heavy atom. The number of imide groups is 1. The molecule has 6 nitrogen and oxygen atoms in total. The van der Waals surface area contributed by atoms with Crippen molar-refractivity contribution in [2.24, 2.45) is 0 Å². The Morgan fingerprint density at radius 3 is 2.76 bits per heavy atom. The van der Waals surface area contributed by atoms with Gasteiger partial charge in [-0.25, -0.2) is 4.79 Å². The summed E-state index contributed by atoms with van der Waals surface area (Å²) < 4.78 is 0. The number of benzene rings is 1. The Hall–Kier alpha value is -2.37. The van der Waals surface area contributed by atoms with Gasteiger partial charge in [-0.15, -0.1) is 0 Å². The number of rotatable bonds is 6. The molecule has 1 aliphatic heterocycles. The number of nitrogens with zero attached hydrogens (tertiary/aromatic N) is 1. The Bertz CT molecular complexity index is 541. The minimum absolute atomic E-state index is 0.0176. The molecule has 1 saturated heterocycles. The highest BCUT2D eigenvalue weighted by atomic mass is 16.2. The number of unbranched alkanes of at least 4 members (excludes halogenated alkanes) is 1. The van der Waals surface area contributed by atoms with E-state index in [2.05, 4.69) is 17.6 Å². The van der Waals surface area contributed by atoms with Crippen LogP contribution in [0.2, 0.25) is 0 Å². The fourth-order valence-corrected chi connectivity index (χ4v) is 2.14. The number of hydrogen-bond donors (Lipinski definition) is 2. The van der Waals surface area contributed by atoms with Gasteiger partial charge in [0.1, 0.15) is 0 Å². The highest BCUT2D eigenvalue weighted by Gasteiger charge is 2.29. The molecule has 0 saturated carbocycles. The molecule has 1 aromatic carbocycles. The normalized spacial score (nSPS) is 14.2. The molecule has 0 spiro atoms. The third-order valence-corrected chi connectivity index (χ3v) is 3.34. The van der Waals surface area contributed by atoms with Crippen molar-refractivity contribution in [1.82, 2.24) is 15.5 Å². The molecule has 1 aromatic rings. The number of carbonyl (C=O) groups is 3. The third kappa shape index (κ3) is 3.59. The van der Waals surface area contributed by atoms with Crippen LogP contribution in [0.1, 0.15) is 35.7 Å². The highest BCUT2D eigenvalue weighted by molar-refractivity contribution is 6.02. The predicted octanol–water partition coefficient (Wildman–Crippen LogP) is 1.27. The Balaban J connectivity index is 2.11. The molecular weight excluding hydrogens is 270 g/mol. The second-order valence-corrected chi connectivity index (χ2v) is 4.91. The average Bonchev–Trinajstić information content (AvgIpc) is 2.80. The molecule has 1 heterocycles. The van der Waals surface area contributed by atoms with Crippen LogP contribution in [0.4, 0.5) is 4.79 Å². The monoisotopic (exact) mass is 289 g/mol. The van der Waals surface area contributed by atoms with E-state index >= 15 is 0 Å². The molecule has 6 heteroatoms. The zero-order valence-electron chi connectivity index (χ0n) is 12.0. The molecule has 112 valence electrons. The molecule has 0 aromatic heterocycles. The summed E-state index contributed by atoms with van der Waals surface area (Å²) in [6, 6.07) is 6.60. The van der Waals surface area contributed by atoms with E-state index in [0.717, 1.165) is 17.7 Å². The SMILES string of the molecule is CCCCNC(=O)c1ccccc1CN1C(=O)CNC1=O. The predicted molar refractivity (Wildman–Crippen MR) is 77.6 cm³/mol. The summed E-state index contributed by atoms with van der Waals surface area (Å²) in [6.07, 6.45) is 1.92. The smallest absolute Gasteiger partial charge is 0.324 e. The van der Waals surface area contributed by atoms with Crippen molar-refractivity contribution in [1.29, 1.82) is 0 Å². The van der Waals surface area contributed by atoms with Crippen LogP contribution in [0.25, 0.3) is 0 Å². The zero-order valence-corrected chi connectivity index (χ0v) is 12.0. The second-order valence-electron chi connectivity index (χ2n) is 4.91. The molecule has 2 rings (SSSR count). The van der Waals surface area contributed by atoms with Gasteiger partial charge < -0.3 is 10.6 Å². The molecule has 4 amide bonds. The maximum atomic E-state index is 12.2. The van der Waals surface area contributed by atoms with Crippen LogP contribution < -0.4 is 10.6 Å². The Kier molecular flexibility index (Phi) is 4.92. The summed E-state index contributed by atoms with van der Waals surface area (Å²) in [7, 11) is 0. The van der Waals surface area contributed by atoms with Gasteiger partial charge in [0.15, 0.2) is 0 Å². The van der Waals surface area contributed by atoms with Gasteiger partial charge in [-0.1, -0.05) is 31.5 Å². The molecule has 2 N–H and O–H groups in total. The highest BCUT2D eigenvalue weighted by Crippen LogP contribution is 2.14. The van der Waals surface area contributed by atoms with Crippen LogP contribution >= 0.6 is 0 Å². The maximum Gasteiger partial charge on any atom is 0.324 e. The van der Waals surface area contributed by atoms with Crippen LogP contribution in [-0.4, -0.2) is 35.8 Å². The average molecular weight is 289 g/mol. The Morgan fingerprint density at radius 1 is 1.33 bits per heavy atom. The molecule has 0 unspecified atom stereocenters. The molecule has 0 aliphatic carbocycles. The van der Waals surface area contributed by atoms with Crippen molar-refractivity contribution >= 4 is 17.8 Å². The summed E-state index contributed by atoms with van der Waals surface area (Å²) in [5.74, 6) is -0.452. The van der Waals surface area contributed by atoms with Gasteiger partial charge in [0, 0.05) is 12.1 Å². The zero-order chi connectivity index (χ0) is 15.2. The van der Waals surface area contributed by atoms with E-state index in [0.29, 0.717) is 17.7 Å². The van der Waals surface area contributed by atoms with Crippen LogP contribution in [0.15, 0.2) is 24.3 Å². The van der Waals surface area contributed by atoms with Crippen molar-refractivity contribution < 1.29 is 14.4 Å². The van der Waals surface area contributed by atoms with Gasteiger partial charge in [0.05, 0.1) is 13.1 Å². The first-order valence-corrected chi connectivity index (χ1v) is 7.07. The lowest BCUT2D eigenvalue weighted by molar-refractivity contribution is -0.125. The van der Waals surface area contributed by atoms with Crippen molar-refractivity contribution in [3.8, 4) is 0 Å². The van der Waals surface area contributed by atoms with Crippen LogP contribution in [-0.2, 0) is 11.3 Å². The first kappa shape index (κ1) is 15.0. The largest absolute Gasteiger partial charge is 0.352 e. The molecule has 0 atom stereocenters. The number of nitrogens with one attached hydrogen (secondary N) is 2. The van der Waals surface area contributed by atoms with Gasteiger partial charge in [-0.2, -0.15) is 0 Å². The fourth-order valence-electron chi connectivity index (χ4n) is 2.14. The van der Waals surface area contributed by atoms with Gasteiger partial charge in [0.25, 0.3) is 5.91 Å².